The maximum absolute atomic E-state index is 5.71. The molecule has 1 aromatic rings. The smallest absolute Gasteiger partial charge is 0.231 e. The van der Waals surface area contributed by atoms with E-state index in [1.165, 1.54) is 0 Å². The van der Waals surface area contributed by atoms with Crippen molar-refractivity contribution in [2.45, 2.75) is 78.4 Å². The summed E-state index contributed by atoms with van der Waals surface area (Å²) >= 11 is 0. The van der Waals surface area contributed by atoms with Gasteiger partial charge in [-0.25, -0.2) is 0 Å². The van der Waals surface area contributed by atoms with Gasteiger partial charge in [-0.15, -0.1) is 0 Å². The standard InChI is InChI=1S/C16H31N3O2/c1-6-10-14(20-9-4)15-18-16(21-19-15)12(5)13(8-3)17-11-7-2/h12-14,17H,6-11H2,1-5H3. The van der Waals surface area contributed by atoms with Crippen LogP contribution in [-0.4, -0.2) is 29.3 Å². The van der Waals surface area contributed by atoms with Gasteiger partial charge in [0.25, 0.3) is 0 Å². The van der Waals surface area contributed by atoms with Gasteiger partial charge in [-0.1, -0.05) is 39.3 Å². The summed E-state index contributed by atoms with van der Waals surface area (Å²) in [6.45, 7) is 12.3. The second-order valence-electron chi connectivity index (χ2n) is 5.48. The Balaban J connectivity index is 2.75. The molecule has 0 fully saturated rings. The molecule has 0 saturated heterocycles. The van der Waals surface area contributed by atoms with Crippen LogP contribution in [-0.2, 0) is 4.74 Å². The fourth-order valence-corrected chi connectivity index (χ4v) is 2.49. The lowest BCUT2D eigenvalue weighted by molar-refractivity contribution is 0.0477. The first-order chi connectivity index (χ1) is 10.2. The lowest BCUT2D eigenvalue weighted by Gasteiger charge is -2.20. The summed E-state index contributed by atoms with van der Waals surface area (Å²) in [6, 6.07) is 0.370. The van der Waals surface area contributed by atoms with E-state index in [4.69, 9.17) is 9.26 Å². The highest BCUT2D eigenvalue weighted by atomic mass is 16.5. The van der Waals surface area contributed by atoms with Crippen LogP contribution >= 0.6 is 0 Å². The van der Waals surface area contributed by atoms with E-state index < -0.39 is 0 Å². The third kappa shape index (κ3) is 5.40. The van der Waals surface area contributed by atoms with Crippen LogP contribution in [0.5, 0.6) is 0 Å². The van der Waals surface area contributed by atoms with Gasteiger partial charge in [0.15, 0.2) is 0 Å². The second kappa shape index (κ2) is 9.90. The van der Waals surface area contributed by atoms with Crippen molar-refractivity contribution < 1.29 is 9.26 Å². The fraction of sp³-hybridized carbons (Fsp3) is 0.875. The molecule has 122 valence electrons. The Morgan fingerprint density at radius 1 is 1.19 bits per heavy atom. The molecule has 0 bridgehead atoms. The number of hydrogen-bond acceptors (Lipinski definition) is 5. The van der Waals surface area contributed by atoms with Crippen molar-refractivity contribution in [2.24, 2.45) is 0 Å². The van der Waals surface area contributed by atoms with Crippen LogP contribution in [0.3, 0.4) is 0 Å². The molecule has 1 heterocycles. The average Bonchev–Trinajstić information content (AvgIpc) is 2.97. The van der Waals surface area contributed by atoms with E-state index in [-0.39, 0.29) is 12.0 Å². The highest BCUT2D eigenvalue weighted by Crippen LogP contribution is 2.24. The van der Waals surface area contributed by atoms with Gasteiger partial charge in [0.1, 0.15) is 6.10 Å². The van der Waals surface area contributed by atoms with Gasteiger partial charge in [-0.2, -0.15) is 4.98 Å². The number of ether oxygens (including phenoxy) is 1. The van der Waals surface area contributed by atoms with Gasteiger partial charge in [0.2, 0.25) is 11.7 Å². The van der Waals surface area contributed by atoms with E-state index in [1.54, 1.807) is 0 Å². The van der Waals surface area contributed by atoms with Gasteiger partial charge >= 0.3 is 0 Å². The normalized spacial score (nSPS) is 15.9. The molecule has 1 rings (SSSR count). The summed E-state index contributed by atoms with van der Waals surface area (Å²) in [5.74, 6) is 1.61. The Bertz CT molecular complexity index is 375. The van der Waals surface area contributed by atoms with Crippen LogP contribution in [0.25, 0.3) is 0 Å². The molecule has 0 aliphatic rings. The summed E-state index contributed by atoms with van der Waals surface area (Å²) in [4.78, 5) is 4.58. The molecule has 1 N–H and O–H groups in total. The molecular weight excluding hydrogens is 266 g/mol. The summed E-state index contributed by atoms with van der Waals surface area (Å²) in [7, 11) is 0. The first-order valence-electron chi connectivity index (χ1n) is 8.36. The molecule has 0 radical (unpaired) electrons. The van der Waals surface area contributed by atoms with E-state index in [0.717, 1.165) is 32.2 Å². The van der Waals surface area contributed by atoms with Gasteiger partial charge < -0.3 is 14.6 Å². The molecule has 0 saturated carbocycles. The van der Waals surface area contributed by atoms with Gasteiger partial charge in [0, 0.05) is 12.6 Å². The maximum Gasteiger partial charge on any atom is 0.231 e. The Morgan fingerprint density at radius 2 is 1.95 bits per heavy atom. The van der Waals surface area contributed by atoms with Crippen LogP contribution in [0.2, 0.25) is 0 Å². The largest absolute Gasteiger partial charge is 0.370 e. The molecule has 3 unspecified atom stereocenters. The maximum atomic E-state index is 5.71. The van der Waals surface area contributed by atoms with Crippen molar-refractivity contribution in [1.82, 2.24) is 15.5 Å². The molecule has 1 aromatic heterocycles. The molecular formula is C16H31N3O2. The average molecular weight is 297 g/mol. The van der Waals surface area contributed by atoms with Crippen LogP contribution < -0.4 is 5.32 Å². The van der Waals surface area contributed by atoms with Crippen molar-refractivity contribution in [3.63, 3.8) is 0 Å². The Kier molecular flexibility index (Phi) is 8.54. The van der Waals surface area contributed by atoms with Gasteiger partial charge in [0.05, 0.1) is 5.92 Å². The van der Waals surface area contributed by atoms with Crippen LogP contribution in [0.4, 0.5) is 0 Å². The lowest BCUT2D eigenvalue weighted by atomic mass is 9.99. The minimum atomic E-state index is -0.0478. The van der Waals surface area contributed by atoms with Gasteiger partial charge in [-0.3, -0.25) is 0 Å². The summed E-state index contributed by atoms with van der Waals surface area (Å²) in [5, 5.41) is 7.68. The van der Waals surface area contributed by atoms with Crippen molar-refractivity contribution in [1.29, 1.82) is 0 Å². The highest BCUT2D eigenvalue weighted by molar-refractivity contribution is 4.99. The van der Waals surface area contributed by atoms with Gasteiger partial charge in [-0.05, 0) is 32.7 Å². The summed E-state index contributed by atoms with van der Waals surface area (Å²) < 4.78 is 11.2. The molecule has 0 aliphatic heterocycles. The topological polar surface area (TPSA) is 60.2 Å². The van der Waals surface area contributed by atoms with Crippen LogP contribution in [0.1, 0.15) is 84.0 Å². The third-order valence-corrected chi connectivity index (χ3v) is 3.75. The number of aromatic nitrogens is 2. The SMILES string of the molecule is CCCNC(CC)C(C)c1nc(C(CCC)OCC)no1. The summed E-state index contributed by atoms with van der Waals surface area (Å²) in [5.41, 5.74) is 0. The third-order valence-electron chi connectivity index (χ3n) is 3.75. The second-order valence-corrected chi connectivity index (χ2v) is 5.48. The first kappa shape index (κ1) is 18.1. The van der Waals surface area contributed by atoms with Crippen molar-refractivity contribution in [2.75, 3.05) is 13.2 Å². The highest BCUT2D eigenvalue weighted by Gasteiger charge is 2.25. The predicted molar refractivity (Wildman–Crippen MR) is 84.4 cm³/mol. The molecule has 5 heteroatoms. The van der Waals surface area contributed by atoms with E-state index in [9.17, 15) is 0 Å². The Labute approximate surface area is 128 Å². The number of hydrogen-bond donors (Lipinski definition) is 1. The zero-order valence-electron chi connectivity index (χ0n) is 14.2. The molecule has 0 spiro atoms. The van der Waals surface area contributed by atoms with Crippen molar-refractivity contribution in [3.05, 3.63) is 11.7 Å². The van der Waals surface area contributed by atoms with Crippen LogP contribution in [0, 0.1) is 0 Å². The van der Waals surface area contributed by atoms with E-state index >= 15 is 0 Å². The minimum absolute atomic E-state index is 0.0478. The quantitative estimate of drug-likeness (QED) is 0.672. The molecule has 3 atom stereocenters. The monoisotopic (exact) mass is 297 g/mol. The first-order valence-corrected chi connectivity index (χ1v) is 8.36. The molecule has 0 aliphatic carbocycles. The zero-order valence-corrected chi connectivity index (χ0v) is 14.2. The number of nitrogens with zero attached hydrogens (tertiary/aromatic N) is 2. The van der Waals surface area contributed by atoms with Crippen molar-refractivity contribution in [3.8, 4) is 0 Å². The molecule has 0 aromatic carbocycles. The predicted octanol–water partition coefficient (Wildman–Crippen LogP) is 3.83. The van der Waals surface area contributed by atoms with E-state index in [0.29, 0.717) is 24.4 Å². The minimum Gasteiger partial charge on any atom is -0.370 e. The van der Waals surface area contributed by atoms with E-state index in [2.05, 4.69) is 43.2 Å². The molecule has 5 nitrogen and oxygen atoms in total. The fourth-order valence-electron chi connectivity index (χ4n) is 2.49. The Morgan fingerprint density at radius 3 is 2.52 bits per heavy atom. The molecule has 21 heavy (non-hydrogen) atoms. The number of nitrogens with one attached hydrogen (secondary N) is 1. The molecule has 0 amide bonds. The van der Waals surface area contributed by atoms with Crippen molar-refractivity contribution >= 4 is 0 Å². The number of rotatable bonds is 11. The summed E-state index contributed by atoms with van der Waals surface area (Å²) in [6.07, 6.45) is 4.09. The zero-order chi connectivity index (χ0) is 15.7. The van der Waals surface area contributed by atoms with Crippen LogP contribution in [0.15, 0.2) is 4.52 Å². The van der Waals surface area contributed by atoms with E-state index in [1.807, 2.05) is 6.92 Å². The lowest BCUT2D eigenvalue weighted by Crippen LogP contribution is -2.33. The Hall–Kier alpha value is -0.940.